The van der Waals surface area contributed by atoms with Crippen LogP contribution in [0.3, 0.4) is 0 Å². The minimum atomic E-state index is 0.341. The van der Waals surface area contributed by atoms with Gasteiger partial charge in [-0.2, -0.15) is 0 Å². The van der Waals surface area contributed by atoms with Crippen LogP contribution in [0.15, 0.2) is 24.3 Å². The predicted molar refractivity (Wildman–Crippen MR) is 67.1 cm³/mol. The van der Waals surface area contributed by atoms with E-state index in [0.717, 1.165) is 18.8 Å². The van der Waals surface area contributed by atoms with Crippen molar-refractivity contribution in [3.8, 4) is 5.75 Å². The molecule has 0 bridgehead atoms. The summed E-state index contributed by atoms with van der Waals surface area (Å²) in [7, 11) is 0. The summed E-state index contributed by atoms with van der Waals surface area (Å²) in [4.78, 5) is 0. The molecule has 0 radical (unpaired) electrons. The number of rotatable bonds is 3. The summed E-state index contributed by atoms with van der Waals surface area (Å²) in [5, 5.41) is 3.38. The van der Waals surface area contributed by atoms with Crippen LogP contribution in [0.5, 0.6) is 5.75 Å². The van der Waals surface area contributed by atoms with Gasteiger partial charge in [0.15, 0.2) is 0 Å². The molecule has 1 atom stereocenters. The van der Waals surface area contributed by atoms with Gasteiger partial charge in [0.25, 0.3) is 0 Å². The van der Waals surface area contributed by atoms with E-state index in [1.807, 2.05) is 0 Å². The van der Waals surface area contributed by atoms with Crippen LogP contribution in [0.1, 0.15) is 38.2 Å². The lowest BCUT2D eigenvalue weighted by Crippen LogP contribution is -2.37. The highest BCUT2D eigenvalue weighted by Gasteiger charge is 2.16. The summed E-state index contributed by atoms with van der Waals surface area (Å²) in [6.07, 6.45) is 2.72. The number of para-hydroxylation sites is 1. The first kappa shape index (κ1) is 11.5. The molecule has 1 heterocycles. The maximum atomic E-state index is 6.09. The van der Waals surface area contributed by atoms with Gasteiger partial charge in [0.1, 0.15) is 11.9 Å². The van der Waals surface area contributed by atoms with E-state index in [0.29, 0.717) is 12.0 Å². The Bertz CT molecular complexity index is 329. The van der Waals surface area contributed by atoms with Crippen molar-refractivity contribution in [2.45, 2.75) is 38.7 Å². The number of hydrogen-bond donors (Lipinski definition) is 1. The highest BCUT2D eigenvalue weighted by atomic mass is 16.5. The lowest BCUT2D eigenvalue weighted by molar-refractivity contribution is 0.165. The minimum absolute atomic E-state index is 0.341. The van der Waals surface area contributed by atoms with E-state index in [9.17, 15) is 0 Å². The summed E-state index contributed by atoms with van der Waals surface area (Å²) >= 11 is 0. The molecule has 1 aromatic carbocycles. The average molecular weight is 219 g/mol. The Balaban J connectivity index is 2.07. The van der Waals surface area contributed by atoms with Crippen LogP contribution in [0.25, 0.3) is 0 Å². The Hall–Kier alpha value is -1.02. The van der Waals surface area contributed by atoms with Gasteiger partial charge in [-0.25, -0.2) is 0 Å². The fraction of sp³-hybridized carbons (Fsp3) is 0.571. The molecule has 88 valence electrons. The van der Waals surface area contributed by atoms with E-state index in [1.165, 1.54) is 18.4 Å². The van der Waals surface area contributed by atoms with Gasteiger partial charge in [-0.15, -0.1) is 0 Å². The third-order valence-electron chi connectivity index (χ3n) is 3.09. The van der Waals surface area contributed by atoms with Crippen LogP contribution in [-0.2, 0) is 0 Å². The quantitative estimate of drug-likeness (QED) is 0.844. The molecule has 0 aromatic heterocycles. The zero-order valence-electron chi connectivity index (χ0n) is 10.2. The second-order valence-electron chi connectivity index (χ2n) is 4.78. The van der Waals surface area contributed by atoms with Crippen molar-refractivity contribution in [1.82, 2.24) is 5.32 Å². The molecule has 0 saturated carbocycles. The molecule has 1 unspecified atom stereocenters. The summed E-state index contributed by atoms with van der Waals surface area (Å²) in [6, 6.07) is 8.39. The van der Waals surface area contributed by atoms with Crippen molar-refractivity contribution in [3.05, 3.63) is 29.8 Å². The maximum Gasteiger partial charge on any atom is 0.123 e. The SMILES string of the molecule is CC(C)c1ccccc1OC1CCCNC1. The normalized spacial score (nSPS) is 21.1. The molecule has 16 heavy (non-hydrogen) atoms. The monoisotopic (exact) mass is 219 g/mol. The fourth-order valence-electron chi connectivity index (χ4n) is 2.16. The van der Waals surface area contributed by atoms with E-state index >= 15 is 0 Å². The lowest BCUT2D eigenvalue weighted by atomic mass is 10.0. The van der Waals surface area contributed by atoms with E-state index in [4.69, 9.17) is 4.74 Å². The van der Waals surface area contributed by atoms with Gasteiger partial charge in [0.2, 0.25) is 0 Å². The van der Waals surface area contributed by atoms with E-state index in [2.05, 4.69) is 43.4 Å². The first-order valence-electron chi connectivity index (χ1n) is 6.23. The number of ether oxygens (including phenoxy) is 1. The topological polar surface area (TPSA) is 21.3 Å². The first-order valence-corrected chi connectivity index (χ1v) is 6.23. The van der Waals surface area contributed by atoms with Gasteiger partial charge < -0.3 is 10.1 Å². The largest absolute Gasteiger partial charge is 0.489 e. The van der Waals surface area contributed by atoms with Gasteiger partial charge >= 0.3 is 0 Å². The average Bonchev–Trinajstić information content (AvgIpc) is 2.31. The lowest BCUT2D eigenvalue weighted by Gasteiger charge is -2.25. The summed E-state index contributed by atoms with van der Waals surface area (Å²) in [5.74, 6) is 1.58. The molecule has 2 heteroatoms. The standard InChI is InChI=1S/C14H21NO/c1-11(2)13-7-3-4-8-14(13)16-12-6-5-9-15-10-12/h3-4,7-8,11-12,15H,5-6,9-10H2,1-2H3. The molecule has 1 aliphatic heterocycles. The molecule has 1 aromatic rings. The van der Waals surface area contributed by atoms with Gasteiger partial charge in [-0.05, 0) is 36.9 Å². The smallest absolute Gasteiger partial charge is 0.123 e. The molecular weight excluding hydrogens is 198 g/mol. The molecule has 1 fully saturated rings. The highest BCUT2D eigenvalue weighted by molar-refractivity contribution is 5.35. The van der Waals surface area contributed by atoms with Gasteiger partial charge in [-0.1, -0.05) is 32.0 Å². The molecule has 0 amide bonds. The third-order valence-corrected chi connectivity index (χ3v) is 3.09. The third kappa shape index (κ3) is 2.76. The van der Waals surface area contributed by atoms with E-state index < -0.39 is 0 Å². The Labute approximate surface area is 98.0 Å². The Kier molecular flexibility index (Phi) is 3.83. The predicted octanol–water partition coefficient (Wildman–Crippen LogP) is 2.94. The van der Waals surface area contributed by atoms with Gasteiger partial charge in [-0.3, -0.25) is 0 Å². The molecule has 0 spiro atoms. The van der Waals surface area contributed by atoms with Crippen molar-refractivity contribution in [1.29, 1.82) is 0 Å². The second kappa shape index (κ2) is 5.35. The summed E-state index contributed by atoms with van der Waals surface area (Å²) < 4.78 is 6.09. The molecule has 2 nitrogen and oxygen atoms in total. The number of hydrogen-bond acceptors (Lipinski definition) is 2. The highest BCUT2D eigenvalue weighted by Crippen LogP contribution is 2.27. The Morgan fingerprint density at radius 2 is 2.12 bits per heavy atom. The number of piperidine rings is 1. The van der Waals surface area contributed by atoms with Crippen LogP contribution in [0.4, 0.5) is 0 Å². The zero-order valence-corrected chi connectivity index (χ0v) is 10.2. The fourth-order valence-corrected chi connectivity index (χ4v) is 2.16. The minimum Gasteiger partial charge on any atom is -0.489 e. The Morgan fingerprint density at radius 3 is 2.81 bits per heavy atom. The molecule has 2 rings (SSSR count). The van der Waals surface area contributed by atoms with Gasteiger partial charge in [0.05, 0.1) is 0 Å². The van der Waals surface area contributed by atoms with Crippen LogP contribution in [0.2, 0.25) is 0 Å². The van der Waals surface area contributed by atoms with Crippen molar-refractivity contribution < 1.29 is 4.74 Å². The van der Waals surface area contributed by atoms with E-state index in [1.54, 1.807) is 0 Å². The summed E-state index contributed by atoms with van der Waals surface area (Å²) in [5.41, 5.74) is 1.31. The second-order valence-corrected chi connectivity index (χ2v) is 4.78. The molecule has 0 aliphatic carbocycles. The Morgan fingerprint density at radius 1 is 1.31 bits per heavy atom. The zero-order chi connectivity index (χ0) is 11.4. The molecule has 1 N–H and O–H groups in total. The first-order chi connectivity index (χ1) is 7.77. The number of nitrogens with one attached hydrogen (secondary N) is 1. The molecule has 1 aliphatic rings. The van der Waals surface area contributed by atoms with Crippen LogP contribution in [0, 0.1) is 0 Å². The van der Waals surface area contributed by atoms with Crippen LogP contribution < -0.4 is 10.1 Å². The van der Waals surface area contributed by atoms with Crippen LogP contribution >= 0.6 is 0 Å². The summed E-state index contributed by atoms with van der Waals surface area (Å²) in [6.45, 7) is 6.53. The maximum absolute atomic E-state index is 6.09. The van der Waals surface area contributed by atoms with Crippen molar-refractivity contribution in [3.63, 3.8) is 0 Å². The van der Waals surface area contributed by atoms with Crippen LogP contribution in [-0.4, -0.2) is 19.2 Å². The van der Waals surface area contributed by atoms with Crippen molar-refractivity contribution >= 4 is 0 Å². The molecule has 1 saturated heterocycles. The van der Waals surface area contributed by atoms with Gasteiger partial charge in [0, 0.05) is 6.54 Å². The molecular formula is C14H21NO. The van der Waals surface area contributed by atoms with E-state index in [-0.39, 0.29) is 0 Å². The number of benzene rings is 1. The van der Waals surface area contributed by atoms with Crippen molar-refractivity contribution in [2.24, 2.45) is 0 Å². The van der Waals surface area contributed by atoms with Crippen molar-refractivity contribution in [2.75, 3.05) is 13.1 Å².